The molecule has 4 N–H and O–H groups in total. The second kappa shape index (κ2) is 15.6. The number of nitrogens with one attached hydrogen (secondary N) is 4. The van der Waals surface area contributed by atoms with Gasteiger partial charge in [-0.15, -0.1) is 0 Å². The van der Waals surface area contributed by atoms with Crippen molar-refractivity contribution in [3.8, 4) is 45.1 Å². The van der Waals surface area contributed by atoms with Crippen LogP contribution in [0.1, 0.15) is 69.7 Å². The van der Waals surface area contributed by atoms with Crippen LogP contribution in [-0.4, -0.2) is 63.6 Å². The molecule has 250 valence electrons. The van der Waals surface area contributed by atoms with Crippen molar-refractivity contribution in [1.82, 2.24) is 35.5 Å². The van der Waals surface area contributed by atoms with E-state index in [-0.39, 0.29) is 12.5 Å². The highest BCUT2D eigenvalue weighted by Gasteiger charge is 2.30. The maximum atomic E-state index is 12.7. The van der Waals surface area contributed by atoms with Gasteiger partial charge in [-0.3, -0.25) is 4.79 Å². The predicted octanol–water partition coefficient (Wildman–Crippen LogP) is 5.93. The Morgan fingerprint density at radius 3 is 2.00 bits per heavy atom. The van der Waals surface area contributed by atoms with E-state index in [0.717, 1.165) is 81.5 Å². The van der Waals surface area contributed by atoms with Crippen LogP contribution < -0.4 is 20.1 Å². The first kappa shape index (κ1) is 33.5. The summed E-state index contributed by atoms with van der Waals surface area (Å²) in [4.78, 5) is 41.6. The Kier molecular flexibility index (Phi) is 11.2. The van der Waals surface area contributed by atoms with Crippen molar-refractivity contribution in [1.29, 1.82) is 0 Å². The van der Waals surface area contributed by atoms with Gasteiger partial charge in [-0.05, 0) is 43.7 Å². The first-order valence-corrected chi connectivity index (χ1v) is 16.4. The number of hydrogen-bond donors (Lipinski definition) is 4. The summed E-state index contributed by atoms with van der Waals surface area (Å²) in [6.07, 6.45) is 6.08. The molecule has 2 aliphatic rings. The average molecular weight is 644 g/mol. The Balaban J connectivity index is 0.00000139. The third-order valence-electron chi connectivity index (χ3n) is 7.74. The number of H-pyrrole nitrogens is 2. The normalized spacial score (nSPS) is 12.2. The highest BCUT2D eigenvalue weighted by atomic mass is 16.5. The first-order chi connectivity index (χ1) is 22.9. The van der Waals surface area contributed by atoms with Crippen molar-refractivity contribution >= 4 is 12.0 Å². The summed E-state index contributed by atoms with van der Waals surface area (Å²) in [6, 6.07) is 8.36. The van der Waals surface area contributed by atoms with Gasteiger partial charge in [-0.1, -0.05) is 34.1 Å². The molecule has 2 aromatic carbocycles. The second-order valence-corrected chi connectivity index (χ2v) is 11.6. The lowest BCUT2D eigenvalue weighted by Gasteiger charge is -2.30. The Bertz CT molecular complexity index is 1640. The van der Waals surface area contributed by atoms with Gasteiger partial charge in [0.2, 0.25) is 5.91 Å². The molecule has 0 spiro atoms. The number of benzene rings is 2. The van der Waals surface area contributed by atoms with Crippen LogP contribution in [0.15, 0.2) is 36.7 Å². The summed E-state index contributed by atoms with van der Waals surface area (Å²) >= 11 is 0. The van der Waals surface area contributed by atoms with Crippen LogP contribution in [0.3, 0.4) is 0 Å². The lowest BCUT2D eigenvalue weighted by Crippen LogP contribution is -2.40. The summed E-state index contributed by atoms with van der Waals surface area (Å²) in [7, 11) is 1.26. The highest BCUT2D eigenvalue weighted by Crippen LogP contribution is 2.50. The van der Waals surface area contributed by atoms with Gasteiger partial charge in [-0.2, -0.15) is 0 Å². The van der Waals surface area contributed by atoms with Crippen LogP contribution in [0.25, 0.3) is 33.6 Å². The molecule has 0 saturated carbocycles. The number of hydrogen-bond acceptors (Lipinski definition) is 8. The molecule has 0 radical (unpaired) electrons. The van der Waals surface area contributed by atoms with Gasteiger partial charge in [0.1, 0.15) is 42.9 Å². The standard InChI is InChI=1S/C32H37N7O5.C3H8/c1-4-6-33-14-27-34-12-23(37-27)19-8-21-17-44-26-11-20(9-22-18-43-25(10-19)30(21)31(22)26)24-13-35-28(38-24)16-39(7-5-2)29(40)15-36-32(41)42-3;1-3-2/h8-13,33H,4-7,14-18H2,1-3H3,(H,34,37)(H,35,38)(H,36,41);3H2,1-2H3. The van der Waals surface area contributed by atoms with Crippen molar-refractivity contribution < 1.29 is 23.8 Å². The largest absolute Gasteiger partial charge is 0.488 e. The third kappa shape index (κ3) is 7.76. The molecule has 0 fully saturated rings. The molecule has 0 saturated heterocycles. The lowest BCUT2D eigenvalue weighted by atomic mass is 9.87. The van der Waals surface area contributed by atoms with Gasteiger partial charge < -0.3 is 39.7 Å². The zero-order valence-corrected chi connectivity index (χ0v) is 27.9. The smallest absolute Gasteiger partial charge is 0.407 e. The molecule has 4 aromatic rings. The Hall–Kier alpha value is -4.84. The number of amides is 2. The van der Waals surface area contributed by atoms with Gasteiger partial charge in [-0.25, -0.2) is 14.8 Å². The average Bonchev–Trinajstić information content (AvgIpc) is 3.76. The Labute approximate surface area is 275 Å². The number of carbonyl (C=O) groups is 2. The fraction of sp³-hybridized carbons (Fsp3) is 0.429. The molecule has 2 aliphatic heterocycles. The number of aromatic amines is 2. The number of methoxy groups -OCH3 is 1. The summed E-state index contributed by atoms with van der Waals surface area (Å²) in [6.45, 7) is 11.6. The van der Waals surface area contributed by atoms with E-state index in [0.29, 0.717) is 38.7 Å². The highest BCUT2D eigenvalue weighted by molar-refractivity contribution is 5.88. The van der Waals surface area contributed by atoms with Crippen LogP contribution in [0.4, 0.5) is 4.79 Å². The third-order valence-corrected chi connectivity index (χ3v) is 7.74. The van der Waals surface area contributed by atoms with E-state index in [4.69, 9.17) is 9.47 Å². The summed E-state index contributed by atoms with van der Waals surface area (Å²) in [5, 5.41) is 5.82. The minimum absolute atomic E-state index is 0.143. The van der Waals surface area contributed by atoms with E-state index in [1.165, 1.54) is 13.5 Å². The zero-order valence-electron chi connectivity index (χ0n) is 27.9. The van der Waals surface area contributed by atoms with E-state index in [1.54, 1.807) is 11.1 Å². The fourth-order valence-electron chi connectivity index (χ4n) is 5.64. The molecule has 6 rings (SSSR count). The Morgan fingerprint density at radius 2 is 1.45 bits per heavy atom. The van der Waals surface area contributed by atoms with Crippen molar-refractivity contribution in [3.63, 3.8) is 0 Å². The number of rotatable bonds is 12. The van der Waals surface area contributed by atoms with Crippen molar-refractivity contribution in [2.45, 2.75) is 73.3 Å². The Morgan fingerprint density at radius 1 is 0.872 bits per heavy atom. The van der Waals surface area contributed by atoms with Crippen LogP contribution >= 0.6 is 0 Å². The number of imidazole rings is 2. The SMILES string of the molecule is CCC.CCCNCc1ncc(-c2cc3c4c(c2)OCc2cc(-c5cnc(CN(CCC)C(=O)CNC(=O)OC)[nH]5)cc(c2-4)OC3)[nH]1. The van der Waals surface area contributed by atoms with Gasteiger partial charge in [0.05, 0.1) is 44.0 Å². The zero-order chi connectivity index (χ0) is 33.3. The van der Waals surface area contributed by atoms with E-state index < -0.39 is 6.09 Å². The molecule has 12 nitrogen and oxygen atoms in total. The molecule has 0 bridgehead atoms. The van der Waals surface area contributed by atoms with E-state index >= 15 is 0 Å². The van der Waals surface area contributed by atoms with Crippen molar-refractivity contribution in [3.05, 3.63) is 59.4 Å². The van der Waals surface area contributed by atoms with E-state index in [2.05, 4.69) is 74.3 Å². The predicted molar refractivity (Wildman–Crippen MR) is 180 cm³/mol. The second-order valence-electron chi connectivity index (χ2n) is 11.6. The van der Waals surface area contributed by atoms with Crippen LogP contribution in [0.5, 0.6) is 11.5 Å². The lowest BCUT2D eigenvalue weighted by molar-refractivity contribution is -0.130. The van der Waals surface area contributed by atoms with E-state index in [1.807, 2.05) is 19.2 Å². The monoisotopic (exact) mass is 643 g/mol. The number of nitrogens with zero attached hydrogens (tertiary/aromatic N) is 3. The number of alkyl carbamates (subject to hydrolysis) is 1. The van der Waals surface area contributed by atoms with Crippen molar-refractivity contribution in [2.24, 2.45) is 0 Å². The topological polar surface area (TPSA) is 146 Å². The summed E-state index contributed by atoms with van der Waals surface area (Å²) in [5.74, 6) is 2.98. The van der Waals surface area contributed by atoms with Gasteiger partial charge in [0.25, 0.3) is 0 Å². The molecule has 2 amide bonds. The molecule has 4 heterocycles. The molecule has 0 unspecified atom stereocenters. The maximum Gasteiger partial charge on any atom is 0.407 e. The fourth-order valence-corrected chi connectivity index (χ4v) is 5.64. The number of aromatic nitrogens is 4. The van der Waals surface area contributed by atoms with Crippen LogP contribution in [0.2, 0.25) is 0 Å². The molecule has 0 aliphatic carbocycles. The molecule has 2 aromatic heterocycles. The van der Waals surface area contributed by atoms with E-state index in [9.17, 15) is 9.59 Å². The summed E-state index contributed by atoms with van der Waals surface area (Å²) < 4.78 is 17.2. The first-order valence-electron chi connectivity index (χ1n) is 16.4. The maximum absolute atomic E-state index is 12.7. The van der Waals surface area contributed by atoms with Gasteiger partial charge >= 0.3 is 6.09 Å². The quantitative estimate of drug-likeness (QED) is 0.139. The molecule has 0 atom stereocenters. The molecular formula is C35H45N7O5. The van der Waals surface area contributed by atoms with Crippen molar-refractivity contribution in [2.75, 3.05) is 26.7 Å². The molecule has 12 heteroatoms. The van der Waals surface area contributed by atoms with Gasteiger partial charge in [0, 0.05) is 39.9 Å². The van der Waals surface area contributed by atoms with Crippen LogP contribution in [-0.2, 0) is 35.8 Å². The van der Waals surface area contributed by atoms with Gasteiger partial charge in [0.15, 0.2) is 0 Å². The number of ether oxygens (including phenoxy) is 3. The summed E-state index contributed by atoms with van der Waals surface area (Å²) in [5.41, 5.74) is 7.95. The number of carbonyl (C=O) groups excluding carboxylic acids is 2. The molecular weight excluding hydrogens is 598 g/mol. The molecule has 47 heavy (non-hydrogen) atoms. The minimum Gasteiger partial charge on any atom is -0.488 e. The minimum atomic E-state index is -0.643. The van der Waals surface area contributed by atoms with Crippen LogP contribution in [0, 0.1) is 0 Å².